The number of nitrogens with zero attached hydrogens (tertiary/aromatic N) is 3. The Hall–Kier alpha value is -2.64. The lowest BCUT2D eigenvalue weighted by molar-refractivity contribution is -0.139. The van der Waals surface area contributed by atoms with E-state index < -0.39 is 11.6 Å². The number of rotatable bonds is 4. The molecule has 2 aliphatic rings. The Balaban J connectivity index is 1.75. The van der Waals surface area contributed by atoms with Crippen LogP contribution in [-0.2, 0) is 9.59 Å². The first kappa shape index (κ1) is 17.2. The summed E-state index contributed by atoms with van der Waals surface area (Å²) in [6.45, 7) is 3.65. The smallest absolute Gasteiger partial charge is 0.325 e. The Morgan fingerprint density at radius 1 is 1.44 bits per heavy atom. The van der Waals surface area contributed by atoms with Crippen LogP contribution >= 0.6 is 0 Å². The number of amides is 4. The average Bonchev–Trinajstić information content (AvgIpc) is 3.14. The summed E-state index contributed by atoms with van der Waals surface area (Å²) in [5.74, 6) is 0.155. The number of pyridine rings is 1. The second kappa shape index (κ2) is 6.34. The molecule has 2 fully saturated rings. The van der Waals surface area contributed by atoms with E-state index >= 15 is 0 Å². The largest absolute Gasteiger partial charge is 0.373 e. The van der Waals surface area contributed by atoms with Crippen molar-refractivity contribution in [2.75, 3.05) is 25.5 Å². The third-order valence-electron chi connectivity index (χ3n) is 4.74. The van der Waals surface area contributed by atoms with Crippen molar-refractivity contribution >= 4 is 23.7 Å². The predicted molar refractivity (Wildman–Crippen MR) is 91.8 cm³/mol. The maximum Gasteiger partial charge on any atom is 0.325 e. The maximum absolute atomic E-state index is 12.8. The zero-order valence-electron chi connectivity index (χ0n) is 14.7. The topological polar surface area (TPSA) is 94.6 Å². The van der Waals surface area contributed by atoms with Crippen LogP contribution in [0, 0.1) is 0 Å². The molecule has 1 aromatic heterocycles. The molecular weight excluding hydrogens is 322 g/mol. The maximum atomic E-state index is 12.8. The van der Waals surface area contributed by atoms with Crippen molar-refractivity contribution in [1.29, 1.82) is 0 Å². The van der Waals surface area contributed by atoms with Crippen molar-refractivity contribution in [3.63, 3.8) is 0 Å². The van der Waals surface area contributed by atoms with Gasteiger partial charge in [0, 0.05) is 19.8 Å². The first-order valence-electron chi connectivity index (χ1n) is 8.41. The standard InChI is InChI=1S/C17H23N5O3/c1-17(2)15(24)22(16(25)20-17)10-14(23)21-8-4-5-12(21)11-6-7-19-13(9-11)18-3/h6-7,9,12H,4-5,8,10H2,1-3H3,(H,18,19)(H,20,25)/t12-/m1/s1. The number of hydrogen-bond donors (Lipinski definition) is 2. The minimum absolute atomic E-state index is 0.0589. The van der Waals surface area contributed by atoms with Crippen LogP contribution in [-0.4, -0.2) is 58.3 Å². The molecular formula is C17H23N5O3. The molecule has 0 spiro atoms. The quantitative estimate of drug-likeness (QED) is 0.798. The lowest BCUT2D eigenvalue weighted by Crippen LogP contribution is -2.44. The van der Waals surface area contributed by atoms with Gasteiger partial charge < -0.3 is 15.5 Å². The molecule has 4 amide bonds. The van der Waals surface area contributed by atoms with Gasteiger partial charge in [-0.3, -0.25) is 14.5 Å². The average molecular weight is 345 g/mol. The van der Waals surface area contributed by atoms with E-state index in [4.69, 9.17) is 0 Å². The number of likely N-dealkylation sites (tertiary alicyclic amines) is 1. The van der Waals surface area contributed by atoms with Crippen LogP contribution in [0.2, 0.25) is 0 Å². The number of carbonyl (C=O) groups is 3. The van der Waals surface area contributed by atoms with Crippen LogP contribution in [0.3, 0.4) is 0 Å². The van der Waals surface area contributed by atoms with Gasteiger partial charge in [0.1, 0.15) is 17.9 Å². The predicted octanol–water partition coefficient (Wildman–Crippen LogP) is 1.12. The Morgan fingerprint density at radius 2 is 2.20 bits per heavy atom. The van der Waals surface area contributed by atoms with Gasteiger partial charge in [0.05, 0.1) is 6.04 Å². The summed E-state index contributed by atoms with van der Waals surface area (Å²) in [5, 5.41) is 5.59. The zero-order valence-corrected chi connectivity index (χ0v) is 14.7. The van der Waals surface area contributed by atoms with Crippen molar-refractivity contribution in [1.82, 2.24) is 20.1 Å². The second-order valence-corrected chi connectivity index (χ2v) is 6.92. The van der Waals surface area contributed by atoms with E-state index in [-0.39, 0.29) is 24.4 Å². The number of aromatic nitrogens is 1. The molecule has 3 rings (SSSR count). The van der Waals surface area contributed by atoms with Gasteiger partial charge in [-0.1, -0.05) is 0 Å². The van der Waals surface area contributed by atoms with Crippen LogP contribution in [0.1, 0.15) is 38.3 Å². The van der Waals surface area contributed by atoms with E-state index in [1.54, 1.807) is 32.0 Å². The number of anilines is 1. The van der Waals surface area contributed by atoms with Crippen molar-refractivity contribution in [3.05, 3.63) is 23.9 Å². The monoisotopic (exact) mass is 345 g/mol. The van der Waals surface area contributed by atoms with Gasteiger partial charge in [0.25, 0.3) is 5.91 Å². The number of hydrogen-bond acceptors (Lipinski definition) is 5. The molecule has 8 nitrogen and oxygen atoms in total. The van der Waals surface area contributed by atoms with Crippen LogP contribution in [0.5, 0.6) is 0 Å². The summed E-state index contributed by atoms with van der Waals surface area (Å²) in [4.78, 5) is 44.0. The minimum atomic E-state index is -0.964. The third kappa shape index (κ3) is 3.16. The molecule has 0 radical (unpaired) electrons. The van der Waals surface area contributed by atoms with Crippen molar-refractivity contribution in [2.45, 2.75) is 38.3 Å². The molecule has 1 atom stereocenters. The van der Waals surface area contributed by atoms with Gasteiger partial charge in [0.2, 0.25) is 5.91 Å². The van der Waals surface area contributed by atoms with E-state index in [2.05, 4.69) is 15.6 Å². The fraction of sp³-hybridized carbons (Fsp3) is 0.529. The summed E-state index contributed by atoms with van der Waals surface area (Å²) in [6.07, 6.45) is 3.45. The molecule has 3 heterocycles. The first-order chi connectivity index (χ1) is 11.8. The molecule has 0 saturated carbocycles. The summed E-state index contributed by atoms with van der Waals surface area (Å²) < 4.78 is 0. The molecule has 1 aromatic rings. The van der Waals surface area contributed by atoms with E-state index in [0.29, 0.717) is 6.54 Å². The molecule has 0 aromatic carbocycles. The minimum Gasteiger partial charge on any atom is -0.373 e. The molecule has 2 aliphatic heterocycles. The van der Waals surface area contributed by atoms with Gasteiger partial charge in [-0.15, -0.1) is 0 Å². The third-order valence-corrected chi connectivity index (χ3v) is 4.74. The van der Waals surface area contributed by atoms with Gasteiger partial charge in [-0.05, 0) is 44.4 Å². The highest BCUT2D eigenvalue weighted by atomic mass is 16.2. The summed E-state index contributed by atoms with van der Waals surface area (Å²) in [5.41, 5.74) is 0.0388. The SMILES string of the molecule is CNc1cc([C@H]2CCCN2C(=O)CN2C(=O)NC(C)(C)C2=O)ccn1. The summed E-state index contributed by atoms with van der Waals surface area (Å²) >= 11 is 0. The van der Waals surface area contributed by atoms with Crippen LogP contribution < -0.4 is 10.6 Å². The van der Waals surface area contributed by atoms with Gasteiger partial charge in [-0.2, -0.15) is 0 Å². The van der Waals surface area contributed by atoms with Crippen LogP contribution in [0.25, 0.3) is 0 Å². The fourth-order valence-electron chi connectivity index (χ4n) is 3.39. The Kier molecular flexibility index (Phi) is 4.36. The van der Waals surface area contributed by atoms with Crippen LogP contribution in [0.4, 0.5) is 10.6 Å². The lowest BCUT2D eigenvalue weighted by atomic mass is 10.1. The highest BCUT2D eigenvalue weighted by molar-refractivity contribution is 6.08. The van der Waals surface area contributed by atoms with E-state index in [1.165, 1.54) is 0 Å². The zero-order chi connectivity index (χ0) is 18.2. The molecule has 2 saturated heterocycles. The molecule has 134 valence electrons. The highest BCUT2D eigenvalue weighted by Gasteiger charge is 2.45. The molecule has 0 unspecified atom stereocenters. The molecule has 8 heteroatoms. The van der Waals surface area contributed by atoms with Gasteiger partial charge in [-0.25, -0.2) is 9.78 Å². The van der Waals surface area contributed by atoms with Gasteiger partial charge in [0.15, 0.2) is 0 Å². The Bertz CT molecular complexity index is 718. The number of nitrogens with one attached hydrogen (secondary N) is 2. The Morgan fingerprint density at radius 3 is 2.84 bits per heavy atom. The first-order valence-corrected chi connectivity index (χ1v) is 8.41. The second-order valence-electron chi connectivity index (χ2n) is 6.92. The Labute approximate surface area is 146 Å². The van der Waals surface area contributed by atoms with E-state index in [9.17, 15) is 14.4 Å². The number of carbonyl (C=O) groups excluding carboxylic acids is 3. The molecule has 25 heavy (non-hydrogen) atoms. The van der Waals surface area contributed by atoms with E-state index in [0.717, 1.165) is 29.1 Å². The van der Waals surface area contributed by atoms with Crippen molar-refractivity contribution < 1.29 is 14.4 Å². The fourth-order valence-corrected chi connectivity index (χ4v) is 3.39. The van der Waals surface area contributed by atoms with Crippen LogP contribution in [0.15, 0.2) is 18.3 Å². The summed E-state index contributed by atoms with van der Waals surface area (Å²) in [7, 11) is 1.79. The molecule has 0 aliphatic carbocycles. The molecule has 0 bridgehead atoms. The normalized spacial score (nSPS) is 22.3. The highest BCUT2D eigenvalue weighted by Crippen LogP contribution is 2.33. The number of imide groups is 1. The van der Waals surface area contributed by atoms with Crippen molar-refractivity contribution in [3.8, 4) is 0 Å². The summed E-state index contributed by atoms with van der Waals surface area (Å²) in [6, 6.07) is 3.25. The van der Waals surface area contributed by atoms with Crippen molar-refractivity contribution in [2.24, 2.45) is 0 Å². The van der Waals surface area contributed by atoms with Gasteiger partial charge >= 0.3 is 6.03 Å². The molecule has 2 N–H and O–H groups in total. The lowest BCUT2D eigenvalue weighted by Gasteiger charge is -2.27. The number of urea groups is 1. The van der Waals surface area contributed by atoms with E-state index in [1.807, 2.05) is 12.1 Å².